The summed E-state index contributed by atoms with van der Waals surface area (Å²) in [6.07, 6.45) is 0.0636. The molecule has 0 radical (unpaired) electrons. The van der Waals surface area contributed by atoms with E-state index >= 15 is 0 Å². The van der Waals surface area contributed by atoms with Gasteiger partial charge in [0, 0.05) is 0 Å². The Morgan fingerprint density at radius 1 is 1.18 bits per heavy atom. The van der Waals surface area contributed by atoms with E-state index in [9.17, 15) is 19.0 Å². The second kappa shape index (κ2) is 9.25. The summed E-state index contributed by atoms with van der Waals surface area (Å²) in [5.74, 6) is -1.17. The third kappa shape index (κ3) is 8.48. The van der Waals surface area contributed by atoms with Crippen LogP contribution in [-0.2, 0) is 18.7 Å². The molecule has 0 spiro atoms. The number of rotatable bonds is 9. The van der Waals surface area contributed by atoms with Crippen molar-refractivity contribution in [3.8, 4) is 0 Å². The maximum absolute atomic E-state index is 12.0. The minimum atomic E-state index is -4.17. The summed E-state index contributed by atoms with van der Waals surface area (Å²) < 4.78 is 15.9. The molecule has 0 rings (SSSR count). The average molecular weight is 337 g/mol. The van der Waals surface area contributed by atoms with E-state index in [1.807, 2.05) is 27.7 Å². The van der Waals surface area contributed by atoms with E-state index in [1.54, 1.807) is 0 Å². The van der Waals surface area contributed by atoms with Crippen LogP contribution in [0.5, 0.6) is 0 Å². The Kier molecular flexibility index (Phi) is 8.85. The number of hydrogen-bond acceptors (Lipinski definition) is 6. The van der Waals surface area contributed by atoms with Crippen LogP contribution in [0.3, 0.4) is 0 Å². The molecule has 3 atom stereocenters. The summed E-state index contributed by atoms with van der Waals surface area (Å²) in [7, 11) is -4.17. The van der Waals surface area contributed by atoms with Gasteiger partial charge in [-0.2, -0.15) is 0 Å². The third-order valence-corrected chi connectivity index (χ3v) is 3.76. The van der Waals surface area contributed by atoms with Gasteiger partial charge in [0.2, 0.25) is 5.91 Å². The lowest BCUT2D eigenvalue weighted by Crippen LogP contribution is -2.49. The Labute approximate surface area is 131 Å². The highest BCUT2D eigenvalue weighted by atomic mass is 31.2. The minimum absolute atomic E-state index is 0.0649. The summed E-state index contributed by atoms with van der Waals surface area (Å²) in [6.45, 7) is 7.55. The first-order chi connectivity index (χ1) is 9.98. The van der Waals surface area contributed by atoms with Crippen molar-refractivity contribution < 1.29 is 23.6 Å². The van der Waals surface area contributed by atoms with Gasteiger partial charge in [0.05, 0.1) is 6.04 Å². The Morgan fingerprint density at radius 2 is 1.68 bits per heavy atom. The van der Waals surface area contributed by atoms with E-state index in [0.717, 1.165) is 0 Å². The molecular weight excluding hydrogens is 309 g/mol. The number of amides is 1. The number of nitrogens with two attached hydrogens (primary N) is 2. The van der Waals surface area contributed by atoms with Crippen molar-refractivity contribution in [3.63, 3.8) is 0 Å². The largest absolute Gasteiger partial charge is 0.392 e. The Morgan fingerprint density at radius 3 is 2.09 bits per heavy atom. The molecule has 0 bridgehead atoms. The van der Waals surface area contributed by atoms with Gasteiger partial charge in [0.1, 0.15) is 12.3 Å². The maximum Gasteiger partial charge on any atom is 0.392 e. The van der Waals surface area contributed by atoms with Crippen LogP contribution in [-0.4, -0.2) is 35.1 Å². The predicted octanol–water partition coefficient (Wildman–Crippen LogP) is 0.536. The predicted molar refractivity (Wildman–Crippen MR) is 83.8 cm³/mol. The van der Waals surface area contributed by atoms with E-state index in [2.05, 4.69) is 9.84 Å². The standard InChI is InChI=1S/C13H28N3O5P/c1-8(2)5-10(15)12(17)16-11(6-9(3)4)13(18)21-22(19,20)7-14/h8-11H,5-7,14-15H2,1-4H3,(H,16,17)(H,19,20)/t10-,11-/m0/s1. The molecule has 0 aliphatic carbocycles. The van der Waals surface area contributed by atoms with Crippen molar-refractivity contribution in [1.82, 2.24) is 5.32 Å². The van der Waals surface area contributed by atoms with Gasteiger partial charge in [0.25, 0.3) is 0 Å². The number of hydrogen-bond donors (Lipinski definition) is 4. The molecule has 0 saturated heterocycles. The van der Waals surface area contributed by atoms with Gasteiger partial charge in [-0.1, -0.05) is 27.7 Å². The number of nitrogens with one attached hydrogen (secondary N) is 1. The molecule has 8 nitrogen and oxygen atoms in total. The minimum Gasteiger partial charge on any atom is -0.389 e. The van der Waals surface area contributed by atoms with Crippen LogP contribution in [0.15, 0.2) is 0 Å². The molecular formula is C13H28N3O5P. The number of carbonyl (C=O) groups is 2. The Balaban J connectivity index is 4.87. The quantitative estimate of drug-likeness (QED) is 0.449. The normalized spacial score (nSPS) is 17.0. The monoisotopic (exact) mass is 337 g/mol. The zero-order valence-corrected chi connectivity index (χ0v) is 14.5. The number of carbonyl (C=O) groups excluding carboxylic acids is 2. The van der Waals surface area contributed by atoms with Crippen LogP contribution < -0.4 is 16.8 Å². The van der Waals surface area contributed by atoms with Crippen LogP contribution in [0.25, 0.3) is 0 Å². The fourth-order valence-corrected chi connectivity index (χ4v) is 2.30. The van der Waals surface area contributed by atoms with E-state index in [1.165, 1.54) is 0 Å². The van der Waals surface area contributed by atoms with Gasteiger partial charge in [-0.15, -0.1) is 0 Å². The SMILES string of the molecule is CC(C)C[C@H](NC(=O)[C@@H](N)CC(C)C)C(=O)OP(=O)(O)CN. The molecule has 6 N–H and O–H groups in total. The van der Waals surface area contributed by atoms with Crippen molar-refractivity contribution in [2.45, 2.75) is 52.6 Å². The van der Waals surface area contributed by atoms with Crippen molar-refractivity contribution in [1.29, 1.82) is 0 Å². The van der Waals surface area contributed by atoms with Crippen LogP contribution in [0.2, 0.25) is 0 Å². The van der Waals surface area contributed by atoms with E-state index in [-0.39, 0.29) is 18.3 Å². The van der Waals surface area contributed by atoms with Crippen LogP contribution in [0, 0.1) is 11.8 Å². The maximum atomic E-state index is 12.0. The first-order valence-electron chi connectivity index (χ1n) is 7.29. The second-order valence-electron chi connectivity index (χ2n) is 6.16. The second-order valence-corrected chi connectivity index (χ2v) is 7.98. The topological polar surface area (TPSA) is 145 Å². The first kappa shape index (κ1) is 21.0. The summed E-state index contributed by atoms with van der Waals surface area (Å²) >= 11 is 0. The van der Waals surface area contributed by atoms with Gasteiger partial charge in [-0.3, -0.25) is 4.79 Å². The fraction of sp³-hybridized carbons (Fsp3) is 0.846. The highest BCUT2D eigenvalue weighted by Gasteiger charge is 2.31. The van der Waals surface area contributed by atoms with Gasteiger partial charge >= 0.3 is 13.6 Å². The molecule has 0 aromatic carbocycles. The third-order valence-electron chi connectivity index (χ3n) is 2.83. The van der Waals surface area contributed by atoms with Crippen molar-refractivity contribution in [3.05, 3.63) is 0 Å². The van der Waals surface area contributed by atoms with E-state index < -0.39 is 37.8 Å². The molecule has 0 saturated carbocycles. The smallest absolute Gasteiger partial charge is 0.389 e. The van der Waals surface area contributed by atoms with Crippen LogP contribution >= 0.6 is 7.60 Å². The van der Waals surface area contributed by atoms with Crippen molar-refractivity contribution in [2.75, 3.05) is 6.29 Å². The fourth-order valence-electron chi connectivity index (χ4n) is 1.82. The lowest BCUT2D eigenvalue weighted by Gasteiger charge is -2.22. The van der Waals surface area contributed by atoms with Crippen molar-refractivity contribution >= 4 is 19.5 Å². The van der Waals surface area contributed by atoms with Gasteiger partial charge in [-0.05, 0) is 24.7 Å². The highest BCUT2D eigenvalue weighted by molar-refractivity contribution is 7.53. The van der Waals surface area contributed by atoms with Crippen LogP contribution in [0.1, 0.15) is 40.5 Å². The zero-order chi connectivity index (χ0) is 17.5. The molecule has 1 unspecified atom stereocenters. The lowest BCUT2D eigenvalue weighted by molar-refractivity contribution is -0.140. The molecule has 1 amide bonds. The zero-order valence-electron chi connectivity index (χ0n) is 13.6. The molecule has 0 aliphatic rings. The summed E-state index contributed by atoms with van der Waals surface area (Å²) in [5, 5.41) is 2.49. The highest BCUT2D eigenvalue weighted by Crippen LogP contribution is 2.40. The van der Waals surface area contributed by atoms with Crippen molar-refractivity contribution in [2.24, 2.45) is 23.3 Å². The average Bonchev–Trinajstić information content (AvgIpc) is 2.35. The molecule has 130 valence electrons. The lowest BCUT2D eigenvalue weighted by atomic mass is 10.0. The Bertz CT molecular complexity index is 428. The molecule has 0 aromatic rings. The summed E-state index contributed by atoms with van der Waals surface area (Å²) in [5.41, 5.74) is 10.8. The molecule has 0 aliphatic heterocycles. The molecule has 0 heterocycles. The molecule has 9 heteroatoms. The summed E-state index contributed by atoms with van der Waals surface area (Å²) in [4.78, 5) is 33.3. The first-order valence-corrected chi connectivity index (χ1v) is 9.06. The van der Waals surface area contributed by atoms with Gasteiger partial charge in [0.15, 0.2) is 0 Å². The summed E-state index contributed by atoms with van der Waals surface area (Å²) in [6, 6.07) is -1.78. The van der Waals surface area contributed by atoms with Gasteiger partial charge < -0.3 is 26.2 Å². The molecule has 0 aromatic heterocycles. The van der Waals surface area contributed by atoms with E-state index in [4.69, 9.17) is 11.5 Å². The van der Waals surface area contributed by atoms with Gasteiger partial charge in [-0.25, -0.2) is 9.36 Å². The molecule has 22 heavy (non-hydrogen) atoms. The van der Waals surface area contributed by atoms with Crippen LogP contribution in [0.4, 0.5) is 0 Å². The van der Waals surface area contributed by atoms with E-state index in [0.29, 0.717) is 6.42 Å². The molecule has 0 fully saturated rings. The Hall–Kier alpha value is -0.950.